The number of rotatable bonds is 6. The topological polar surface area (TPSA) is 72.4 Å². The highest BCUT2D eigenvalue weighted by Gasteiger charge is 2.29. The number of ether oxygens (including phenoxy) is 1. The Bertz CT molecular complexity index is 1160. The van der Waals surface area contributed by atoms with E-state index in [1.807, 2.05) is 78.9 Å². The van der Waals surface area contributed by atoms with Gasteiger partial charge in [-0.2, -0.15) is 0 Å². The fourth-order valence-corrected chi connectivity index (χ4v) is 3.26. The molecular weight excluding hydrogens is 390 g/mol. The van der Waals surface area contributed by atoms with E-state index in [9.17, 15) is 9.59 Å². The third-order valence-electron chi connectivity index (χ3n) is 4.80. The maximum Gasteiger partial charge on any atom is 0.359 e. The fraction of sp³-hybridized carbons (Fsp3) is 0.120. The molecule has 0 saturated carbocycles. The summed E-state index contributed by atoms with van der Waals surface area (Å²) >= 11 is 0. The highest BCUT2D eigenvalue weighted by molar-refractivity contribution is 6.04. The van der Waals surface area contributed by atoms with Crippen LogP contribution < -0.4 is 4.90 Å². The number of amides is 1. The van der Waals surface area contributed by atoms with Crippen LogP contribution in [0, 0.1) is 0 Å². The third-order valence-corrected chi connectivity index (χ3v) is 4.80. The minimum atomic E-state index is -0.971. The van der Waals surface area contributed by atoms with E-state index < -0.39 is 12.1 Å². The molecule has 0 aliphatic rings. The molecule has 4 rings (SSSR count). The fourth-order valence-electron chi connectivity index (χ4n) is 3.26. The van der Waals surface area contributed by atoms with Crippen molar-refractivity contribution >= 4 is 34.3 Å². The molecule has 0 aliphatic carbocycles. The van der Waals surface area contributed by atoms with Crippen molar-refractivity contribution in [3.63, 3.8) is 0 Å². The molecule has 0 aliphatic heterocycles. The van der Waals surface area contributed by atoms with E-state index in [1.165, 1.54) is 6.20 Å². The molecule has 4 aromatic rings. The zero-order chi connectivity index (χ0) is 21.6. The maximum atomic E-state index is 13.5. The van der Waals surface area contributed by atoms with Crippen molar-refractivity contribution < 1.29 is 14.3 Å². The van der Waals surface area contributed by atoms with E-state index in [0.29, 0.717) is 28.8 Å². The maximum absolute atomic E-state index is 13.5. The molecule has 0 radical (unpaired) electrons. The third kappa shape index (κ3) is 4.43. The standard InChI is InChI=1S/C25H21N3O3/c1-2-23(31-25(30)22-17-26-20-15-9-10-16-21(20)27-22)24(29)28(18-11-5-3-6-12-18)19-13-7-4-8-14-19/h3-17,23H,2H2,1H3. The van der Waals surface area contributed by atoms with Crippen LogP contribution in [0.1, 0.15) is 23.8 Å². The Morgan fingerprint density at radius 3 is 1.97 bits per heavy atom. The Morgan fingerprint density at radius 2 is 1.39 bits per heavy atom. The number of carbonyl (C=O) groups is 2. The van der Waals surface area contributed by atoms with Gasteiger partial charge in [0.05, 0.1) is 17.2 Å². The zero-order valence-corrected chi connectivity index (χ0v) is 17.0. The van der Waals surface area contributed by atoms with Crippen molar-refractivity contribution in [2.45, 2.75) is 19.4 Å². The number of carbonyl (C=O) groups excluding carboxylic acids is 2. The summed E-state index contributed by atoms with van der Waals surface area (Å²) in [5.74, 6) is -1.01. The predicted molar refractivity (Wildman–Crippen MR) is 119 cm³/mol. The number of hydrogen-bond donors (Lipinski definition) is 0. The van der Waals surface area contributed by atoms with Crippen molar-refractivity contribution in [2.75, 3.05) is 4.90 Å². The molecule has 0 N–H and O–H groups in total. The van der Waals surface area contributed by atoms with Crippen LogP contribution in [-0.4, -0.2) is 27.9 Å². The van der Waals surface area contributed by atoms with Crippen LogP contribution in [-0.2, 0) is 9.53 Å². The second-order valence-corrected chi connectivity index (χ2v) is 6.89. The molecule has 0 fully saturated rings. The van der Waals surface area contributed by atoms with Gasteiger partial charge in [-0.15, -0.1) is 0 Å². The molecule has 1 heterocycles. The largest absolute Gasteiger partial charge is 0.447 e. The molecular formula is C25H21N3O3. The van der Waals surface area contributed by atoms with Crippen molar-refractivity contribution in [2.24, 2.45) is 0 Å². The highest BCUT2D eigenvalue weighted by atomic mass is 16.5. The normalized spacial score (nSPS) is 11.6. The van der Waals surface area contributed by atoms with Gasteiger partial charge in [0.15, 0.2) is 11.8 Å². The summed E-state index contributed by atoms with van der Waals surface area (Å²) in [6, 6.07) is 25.8. The highest BCUT2D eigenvalue weighted by Crippen LogP contribution is 2.27. The summed E-state index contributed by atoms with van der Waals surface area (Å²) in [6.07, 6.45) is 0.719. The Hall–Kier alpha value is -4.06. The lowest BCUT2D eigenvalue weighted by Crippen LogP contribution is -2.38. The van der Waals surface area contributed by atoms with Crippen LogP contribution in [0.5, 0.6) is 0 Å². The Kier molecular flexibility index (Phi) is 5.98. The van der Waals surface area contributed by atoms with E-state index in [-0.39, 0.29) is 11.6 Å². The smallest absolute Gasteiger partial charge is 0.359 e. The molecule has 3 aromatic carbocycles. The second-order valence-electron chi connectivity index (χ2n) is 6.89. The summed E-state index contributed by atoms with van der Waals surface area (Å²) in [5, 5.41) is 0. The lowest BCUT2D eigenvalue weighted by molar-refractivity contribution is -0.126. The molecule has 1 amide bonds. The number of nitrogens with zero attached hydrogens (tertiary/aromatic N) is 3. The van der Waals surface area contributed by atoms with Crippen molar-refractivity contribution in [3.05, 3.63) is 96.8 Å². The van der Waals surface area contributed by atoms with Gasteiger partial charge in [-0.3, -0.25) is 14.7 Å². The van der Waals surface area contributed by atoms with Gasteiger partial charge in [0.2, 0.25) is 0 Å². The molecule has 1 aromatic heterocycles. The zero-order valence-electron chi connectivity index (χ0n) is 17.0. The molecule has 31 heavy (non-hydrogen) atoms. The number of hydrogen-bond acceptors (Lipinski definition) is 5. The number of esters is 1. The van der Waals surface area contributed by atoms with Crippen molar-refractivity contribution in [1.82, 2.24) is 9.97 Å². The molecule has 0 spiro atoms. The quantitative estimate of drug-likeness (QED) is 0.421. The number of anilines is 2. The van der Waals surface area contributed by atoms with Crippen molar-refractivity contribution in [3.8, 4) is 0 Å². The lowest BCUT2D eigenvalue weighted by atomic mass is 10.1. The van der Waals surface area contributed by atoms with Crippen molar-refractivity contribution in [1.29, 1.82) is 0 Å². The van der Waals surface area contributed by atoms with Crippen LogP contribution in [0.15, 0.2) is 91.1 Å². The molecule has 6 heteroatoms. The van der Waals surface area contributed by atoms with Gasteiger partial charge in [-0.05, 0) is 42.8 Å². The molecule has 6 nitrogen and oxygen atoms in total. The van der Waals surface area contributed by atoms with E-state index in [0.717, 1.165) is 0 Å². The average Bonchev–Trinajstić information content (AvgIpc) is 2.83. The van der Waals surface area contributed by atoms with Gasteiger partial charge in [0.25, 0.3) is 5.91 Å². The van der Waals surface area contributed by atoms with Gasteiger partial charge in [-0.25, -0.2) is 9.78 Å². The Morgan fingerprint density at radius 1 is 0.839 bits per heavy atom. The lowest BCUT2D eigenvalue weighted by Gasteiger charge is -2.27. The van der Waals surface area contributed by atoms with Crippen LogP contribution in [0.4, 0.5) is 11.4 Å². The first-order valence-electron chi connectivity index (χ1n) is 10.0. The van der Waals surface area contributed by atoms with Gasteiger partial charge in [0, 0.05) is 11.4 Å². The van der Waals surface area contributed by atoms with E-state index in [1.54, 1.807) is 17.9 Å². The van der Waals surface area contributed by atoms with Gasteiger partial charge in [-0.1, -0.05) is 55.5 Å². The summed E-state index contributed by atoms with van der Waals surface area (Å²) < 4.78 is 5.59. The van der Waals surface area contributed by atoms with Gasteiger partial charge >= 0.3 is 5.97 Å². The van der Waals surface area contributed by atoms with E-state index in [4.69, 9.17) is 4.74 Å². The van der Waals surface area contributed by atoms with Crippen LogP contribution in [0.25, 0.3) is 11.0 Å². The minimum Gasteiger partial charge on any atom is -0.447 e. The monoisotopic (exact) mass is 411 g/mol. The molecule has 154 valence electrons. The minimum absolute atomic E-state index is 0.0657. The summed E-state index contributed by atoms with van der Waals surface area (Å²) in [4.78, 5) is 36.4. The second kappa shape index (κ2) is 9.17. The van der Waals surface area contributed by atoms with Crippen LogP contribution in [0.2, 0.25) is 0 Å². The molecule has 0 bridgehead atoms. The Balaban J connectivity index is 1.61. The Labute approximate surface area is 180 Å². The summed E-state index contributed by atoms with van der Waals surface area (Å²) in [6.45, 7) is 1.80. The van der Waals surface area contributed by atoms with E-state index in [2.05, 4.69) is 9.97 Å². The number of fused-ring (bicyclic) bond motifs is 1. The van der Waals surface area contributed by atoms with Gasteiger partial charge in [0.1, 0.15) is 0 Å². The SMILES string of the molecule is CCC(OC(=O)c1cnc2ccccc2n1)C(=O)N(c1ccccc1)c1ccccc1. The first kappa shape index (κ1) is 20.2. The first-order valence-corrected chi connectivity index (χ1v) is 10.0. The van der Waals surface area contributed by atoms with Gasteiger partial charge < -0.3 is 4.74 Å². The molecule has 1 unspecified atom stereocenters. The average molecular weight is 411 g/mol. The number of benzene rings is 3. The van der Waals surface area contributed by atoms with Crippen LogP contribution >= 0.6 is 0 Å². The van der Waals surface area contributed by atoms with Crippen LogP contribution in [0.3, 0.4) is 0 Å². The number of para-hydroxylation sites is 4. The molecule has 1 atom stereocenters. The predicted octanol–water partition coefficient (Wildman–Crippen LogP) is 4.93. The first-order chi connectivity index (χ1) is 15.2. The van der Waals surface area contributed by atoms with E-state index >= 15 is 0 Å². The number of aromatic nitrogens is 2. The molecule has 0 saturated heterocycles. The summed E-state index contributed by atoms with van der Waals surface area (Å²) in [5.41, 5.74) is 2.72. The summed E-state index contributed by atoms with van der Waals surface area (Å²) in [7, 11) is 0.